The van der Waals surface area contributed by atoms with Crippen LogP contribution in [0.15, 0.2) is 104 Å². The summed E-state index contributed by atoms with van der Waals surface area (Å²) in [4.78, 5) is 102. The van der Waals surface area contributed by atoms with Gasteiger partial charge in [-0.2, -0.15) is 0 Å². The van der Waals surface area contributed by atoms with E-state index in [2.05, 4.69) is 54.5 Å². The van der Waals surface area contributed by atoms with Gasteiger partial charge < -0.3 is 42.3 Å². The molecule has 3 aromatic carbocycles. The highest BCUT2D eigenvalue weighted by Crippen LogP contribution is 2.21. The van der Waals surface area contributed by atoms with Crippen LogP contribution in [0.3, 0.4) is 0 Å². The average molecular weight is 914 g/mol. The highest BCUT2D eigenvalue weighted by Gasteiger charge is 2.31. The van der Waals surface area contributed by atoms with Crippen LogP contribution in [-0.2, 0) is 48.0 Å². The number of benzene rings is 3. The van der Waals surface area contributed by atoms with E-state index >= 15 is 0 Å². The minimum atomic E-state index is -1.27. The summed E-state index contributed by atoms with van der Waals surface area (Å²) in [6.07, 6.45) is 12.2. The number of hydrogen-bond donors (Lipinski definition) is 9. The van der Waals surface area contributed by atoms with Crippen molar-refractivity contribution in [1.29, 1.82) is 0 Å². The lowest BCUT2D eigenvalue weighted by molar-refractivity contribution is -0.133. The van der Waals surface area contributed by atoms with E-state index in [-0.39, 0.29) is 25.7 Å². The number of nitrogens with two attached hydrogens (primary N) is 1. The topological polar surface area (TPSA) is 256 Å². The molecule has 4 atom stereocenters. The minimum Gasteiger partial charge on any atom is -0.368 e. The first kappa shape index (κ1) is 50.1. The van der Waals surface area contributed by atoms with Crippen LogP contribution in [0.5, 0.6) is 0 Å². The molecular weight excluding hydrogens is 855 g/mol. The van der Waals surface area contributed by atoms with Crippen molar-refractivity contribution in [1.82, 2.24) is 51.9 Å². The Balaban J connectivity index is 1.33. The minimum absolute atomic E-state index is 0.0175. The molecule has 0 fully saturated rings. The number of urea groups is 1. The maximum atomic E-state index is 14.4. The van der Waals surface area contributed by atoms with Crippen molar-refractivity contribution in [3.8, 4) is 12.3 Å². The van der Waals surface area contributed by atoms with Gasteiger partial charge in [0, 0.05) is 74.0 Å². The molecule has 0 aliphatic carbocycles. The number of carbonyl (C=O) groups is 7. The van der Waals surface area contributed by atoms with Crippen molar-refractivity contribution >= 4 is 63.3 Å². The average Bonchev–Trinajstić information content (AvgIpc) is 3.92. The molecule has 0 spiro atoms. The van der Waals surface area contributed by atoms with Crippen molar-refractivity contribution in [2.24, 2.45) is 5.73 Å². The Bertz CT molecular complexity index is 2570. The standard InChI is InChI=1S/C49H59N11O7/c1-5-23-60(24-6-2)25-15-14-22-40(45(50)63)55-47(65)41(26-33-16-8-7-9-17-33)56-48(66)43(28-35-30-52-39-21-13-11-19-37(35)39)54-44(62)31-53-46(64)42(57-49(67)59(4)58-32(3)61)27-34-29-51-38-20-12-10-18-36(34)38/h1,6-13,16-21,29-30,40-43,51-52H,2,14-15,22-28,31H2,3-4H3,(H2,50,63)(H,53,64)(H,54,62)(H,55,65)(H,56,66)(H,57,67)(H,58,61)/t40-,41+,42+,43-/m0/s1. The number of nitrogens with zero attached hydrogens (tertiary/aromatic N) is 2. The van der Waals surface area contributed by atoms with Crippen LogP contribution in [0.25, 0.3) is 21.8 Å². The molecular formula is C49H59N11O7. The lowest BCUT2D eigenvalue weighted by Crippen LogP contribution is -2.58. The number of carbonyl (C=O) groups excluding carboxylic acids is 7. The number of aromatic nitrogens is 2. The van der Waals surface area contributed by atoms with Gasteiger partial charge in [-0.05, 0) is 54.6 Å². The molecule has 0 aliphatic rings. The number of nitrogens with one attached hydrogen (secondary N) is 8. The third-order valence-electron chi connectivity index (χ3n) is 11.0. The first-order valence-electron chi connectivity index (χ1n) is 21.9. The molecule has 0 aliphatic heterocycles. The van der Waals surface area contributed by atoms with Crippen LogP contribution >= 0.6 is 0 Å². The third kappa shape index (κ3) is 15.1. The van der Waals surface area contributed by atoms with Crippen molar-refractivity contribution in [3.63, 3.8) is 0 Å². The molecule has 0 unspecified atom stereocenters. The van der Waals surface area contributed by atoms with Gasteiger partial charge in [0.1, 0.15) is 24.2 Å². The van der Waals surface area contributed by atoms with Crippen LogP contribution in [0.1, 0.15) is 42.9 Å². The maximum Gasteiger partial charge on any atom is 0.336 e. The number of H-pyrrole nitrogens is 2. The number of para-hydroxylation sites is 2. The number of unbranched alkanes of at least 4 members (excludes halogenated alkanes) is 1. The third-order valence-corrected chi connectivity index (χ3v) is 11.0. The molecule has 0 bridgehead atoms. The fourth-order valence-electron chi connectivity index (χ4n) is 7.65. The van der Waals surface area contributed by atoms with Gasteiger partial charge in [-0.1, -0.05) is 78.7 Å². The lowest BCUT2D eigenvalue weighted by Gasteiger charge is -2.25. The van der Waals surface area contributed by atoms with E-state index in [0.717, 1.165) is 26.8 Å². The van der Waals surface area contributed by atoms with Gasteiger partial charge in [0.2, 0.25) is 35.4 Å². The first-order valence-corrected chi connectivity index (χ1v) is 21.9. The van der Waals surface area contributed by atoms with Gasteiger partial charge in [-0.3, -0.25) is 39.1 Å². The monoisotopic (exact) mass is 913 g/mol. The second kappa shape index (κ2) is 25.0. The van der Waals surface area contributed by atoms with Gasteiger partial charge in [-0.15, -0.1) is 13.0 Å². The Morgan fingerprint density at radius 1 is 0.731 bits per heavy atom. The molecule has 0 saturated heterocycles. The summed E-state index contributed by atoms with van der Waals surface area (Å²) in [6, 6.07) is 18.3. The van der Waals surface area contributed by atoms with Gasteiger partial charge in [-0.25, -0.2) is 9.80 Å². The molecule has 2 aromatic heterocycles. The zero-order valence-electron chi connectivity index (χ0n) is 37.7. The molecule has 352 valence electrons. The Labute approximate surface area is 389 Å². The number of hydrazine groups is 1. The quantitative estimate of drug-likeness (QED) is 0.0191. The summed E-state index contributed by atoms with van der Waals surface area (Å²) < 4.78 is 0. The van der Waals surface area contributed by atoms with Crippen LogP contribution in [0.2, 0.25) is 0 Å². The molecule has 0 radical (unpaired) electrons. The van der Waals surface area contributed by atoms with E-state index in [1.54, 1.807) is 42.7 Å². The largest absolute Gasteiger partial charge is 0.368 e. The van der Waals surface area contributed by atoms with Crippen molar-refractivity contribution in [3.05, 3.63) is 121 Å². The fourth-order valence-corrected chi connectivity index (χ4v) is 7.65. The van der Waals surface area contributed by atoms with Gasteiger partial charge in [0.25, 0.3) is 0 Å². The van der Waals surface area contributed by atoms with E-state index in [1.165, 1.54) is 14.0 Å². The molecule has 67 heavy (non-hydrogen) atoms. The molecule has 0 saturated carbocycles. The zero-order chi connectivity index (χ0) is 48.3. The van der Waals surface area contributed by atoms with Crippen LogP contribution in [0.4, 0.5) is 4.79 Å². The predicted octanol–water partition coefficient (Wildman–Crippen LogP) is 2.09. The van der Waals surface area contributed by atoms with E-state index in [4.69, 9.17) is 12.2 Å². The van der Waals surface area contributed by atoms with Crippen LogP contribution < -0.4 is 37.7 Å². The molecule has 18 nitrogen and oxygen atoms in total. The number of primary amides is 1. The summed E-state index contributed by atoms with van der Waals surface area (Å²) in [5, 5.41) is 16.0. The predicted molar refractivity (Wildman–Crippen MR) is 255 cm³/mol. The second-order valence-electron chi connectivity index (χ2n) is 16.1. The van der Waals surface area contributed by atoms with E-state index in [1.807, 2.05) is 59.5 Å². The maximum absolute atomic E-state index is 14.4. The molecule has 10 N–H and O–H groups in total. The zero-order valence-corrected chi connectivity index (χ0v) is 37.7. The highest BCUT2D eigenvalue weighted by molar-refractivity contribution is 5.96. The summed E-state index contributed by atoms with van der Waals surface area (Å²) in [7, 11) is 1.32. The Hall–Kier alpha value is -7.91. The lowest BCUT2D eigenvalue weighted by atomic mass is 10.0. The van der Waals surface area contributed by atoms with Gasteiger partial charge in [0.05, 0.1) is 13.1 Å². The number of fused-ring (bicyclic) bond motifs is 2. The summed E-state index contributed by atoms with van der Waals surface area (Å²) in [5.41, 5.74) is 11.8. The Morgan fingerprint density at radius 3 is 1.85 bits per heavy atom. The summed E-state index contributed by atoms with van der Waals surface area (Å²) in [5.74, 6) is -1.45. The van der Waals surface area contributed by atoms with Gasteiger partial charge >= 0.3 is 6.03 Å². The normalized spacial score (nSPS) is 12.7. The van der Waals surface area contributed by atoms with Crippen molar-refractivity contribution in [2.75, 3.05) is 33.2 Å². The number of hydrogen-bond acceptors (Lipinski definition) is 8. The number of aromatic amines is 2. The Kier molecular flexibility index (Phi) is 18.7. The molecule has 5 aromatic rings. The molecule has 18 heteroatoms. The number of terminal acetylenes is 1. The summed E-state index contributed by atoms with van der Waals surface area (Å²) in [6.45, 7) is 6.08. The first-order chi connectivity index (χ1) is 32.3. The van der Waals surface area contributed by atoms with Crippen LogP contribution in [-0.4, -0.2) is 119 Å². The van der Waals surface area contributed by atoms with Crippen molar-refractivity contribution in [2.45, 2.75) is 69.6 Å². The van der Waals surface area contributed by atoms with Crippen LogP contribution in [0, 0.1) is 12.3 Å². The van der Waals surface area contributed by atoms with E-state index < -0.39 is 72.2 Å². The second-order valence-corrected chi connectivity index (χ2v) is 16.1. The SMILES string of the molecule is C#CCN(CC=C)CCCC[C@H](NC(=O)[C@@H](Cc1ccccc1)NC(=O)[C@H](Cc1c[nH]c2ccccc12)NC(=O)CNC(=O)[C@@H](Cc1c[nH]c2ccccc12)NC(=O)N(C)NC(C)=O)C(N)=O. The summed E-state index contributed by atoms with van der Waals surface area (Å²) >= 11 is 0. The molecule has 5 rings (SSSR count). The Morgan fingerprint density at radius 2 is 1.28 bits per heavy atom. The van der Waals surface area contributed by atoms with Crippen molar-refractivity contribution < 1.29 is 33.6 Å². The fraction of sp³-hybridized carbons (Fsp3) is 0.327. The van der Waals surface area contributed by atoms with Gasteiger partial charge in [0.15, 0.2) is 0 Å². The smallest absolute Gasteiger partial charge is 0.336 e. The van der Waals surface area contributed by atoms with E-state index in [9.17, 15) is 33.6 Å². The number of rotatable bonds is 24. The molecule has 8 amide bonds. The molecule has 2 heterocycles. The highest BCUT2D eigenvalue weighted by atomic mass is 16.2. The number of amides is 8. The van der Waals surface area contributed by atoms with E-state index in [0.29, 0.717) is 49.2 Å².